The standard InChI is InChI=1S/C12H19N3O3/c1-9(8-15-3-5-17-6-4-15)13-12(16)11-7-10(2)18-14-11/h7,9H,3-6,8H2,1-2H3,(H,13,16)/t9-/m0/s1. The lowest BCUT2D eigenvalue weighted by atomic mass is 10.2. The molecule has 0 aromatic carbocycles. The Morgan fingerprint density at radius 2 is 2.28 bits per heavy atom. The number of ether oxygens (including phenoxy) is 1. The first-order valence-corrected chi connectivity index (χ1v) is 6.19. The fourth-order valence-corrected chi connectivity index (χ4v) is 1.99. The van der Waals surface area contributed by atoms with Crippen molar-refractivity contribution < 1.29 is 14.1 Å². The largest absolute Gasteiger partial charge is 0.379 e. The van der Waals surface area contributed by atoms with E-state index in [2.05, 4.69) is 15.4 Å². The minimum absolute atomic E-state index is 0.0765. The van der Waals surface area contributed by atoms with Gasteiger partial charge in [0.25, 0.3) is 5.91 Å². The summed E-state index contributed by atoms with van der Waals surface area (Å²) in [7, 11) is 0. The Hall–Kier alpha value is -1.40. The van der Waals surface area contributed by atoms with E-state index in [1.165, 1.54) is 0 Å². The summed E-state index contributed by atoms with van der Waals surface area (Å²) < 4.78 is 10.2. The molecule has 6 nitrogen and oxygen atoms in total. The molecular weight excluding hydrogens is 234 g/mol. The van der Waals surface area contributed by atoms with Gasteiger partial charge >= 0.3 is 0 Å². The van der Waals surface area contributed by atoms with Crippen LogP contribution < -0.4 is 5.32 Å². The van der Waals surface area contributed by atoms with Gasteiger partial charge in [0.05, 0.1) is 13.2 Å². The molecule has 1 atom stereocenters. The lowest BCUT2D eigenvalue weighted by molar-refractivity contribution is 0.0342. The zero-order valence-corrected chi connectivity index (χ0v) is 10.8. The molecule has 100 valence electrons. The molecule has 2 heterocycles. The first kappa shape index (κ1) is 13.0. The predicted molar refractivity (Wildman–Crippen MR) is 65.4 cm³/mol. The summed E-state index contributed by atoms with van der Waals surface area (Å²) in [5.74, 6) is 0.452. The van der Waals surface area contributed by atoms with Crippen LogP contribution in [0.3, 0.4) is 0 Å². The highest BCUT2D eigenvalue weighted by molar-refractivity contribution is 5.92. The number of rotatable bonds is 4. The Bertz CT molecular complexity index is 399. The second-order valence-electron chi connectivity index (χ2n) is 4.61. The highest BCUT2D eigenvalue weighted by Crippen LogP contribution is 2.03. The van der Waals surface area contributed by atoms with Crippen LogP contribution in [-0.4, -0.2) is 54.9 Å². The fourth-order valence-electron chi connectivity index (χ4n) is 1.99. The van der Waals surface area contributed by atoms with E-state index in [0.29, 0.717) is 11.5 Å². The summed E-state index contributed by atoms with van der Waals surface area (Å²) in [6.07, 6.45) is 0. The van der Waals surface area contributed by atoms with Gasteiger partial charge in [0.1, 0.15) is 5.76 Å². The highest BCUT2D eigenvalue weighted by Gasteiger charge is 2.17. The van der Waals surface area contributed by atoms with Crippen molar-refractivity contribution in [2.24, 2.45) is 0 Å². The molecule has 1 fully saturated rings. The van der Waals surface area contributed by atoms with Crippen molar-refractivity contribution in [3.63, 3.8) is 0 Å². The van der Waals surface area contributed by atoms with Gasteiger partial charge in [-0.2, -0.15) is 0 Å². The average Bonchev–Trinajstić information content (AvgIpc) is 2.77. The number of aromatic nitrogens is 1. The van der Waals surface area contributed by atoms with E-state index in [9.17, 15) is 4.79 Å². The van der Waals surface area contributed by atoms with Gasteiger partial charge < -0.3 is 14.6 Å². The molecule has 0 saturated carbocycles. The van der Waals surface area contributed by atoms with Crippen molar-refractivity contribution in [2.45, 2.75) is 19.9 Å². The molecule has 1 saturated heterocycles. The maximum absolute atomic E-state index is 11.8. The van der Waals surface area contributed by atoms with Gasteiger partial charge in [-0.3, -0.25) is 9.69 Å². The zero-order valence-electron chi connectivity index (χ0n) is 10.8. The van der Waals surface area contributed by atoms with Crippen molar-refractivity contribution in [2.75, 3.05) is 32.8 Å². The smallest absolute Gasteiger partial charge is 0.273 e. The number of carbonyl (C=O) groups excluding carboxylic acids is 1. The molecule has 18 heavy (non-hydrogen) atoms. The van der Waals surface area contributed by atoms with E-state index in [0.717, 1.165) is 32.8 Å². The maximum atomic E-state index is 11.8. The van der Waals surface area contributed by atoms with Gasteiger partial charge in [-0.15, -0.1) is 0 Å². The molecule has 0 spiro atoms. The lowest BCUT2D eigenvalue weighted by Gasteiger charge is -2.29. The quantitative estimate of drug-likeness (QED) is 0.843. The molecule has 6 heteroatoms. The van der Waals surface area contributed by atoms with Gasteiger partial charge in [-0.1, -0.05) is 5.16 Å². The number of aryl methyl sites for hydroxylation is 1. The summed E-state index contributed by atoms with van der Waals surface area (Å²) in [5, 5.41) is 6.61. The predicted octanol–water partition coefficient (Wildman–Crippen LogP) is 0.434. The molecule has 1 aliphatic heterocycles. The number of amides is 1. The molecule has 1 N–H and O–H groups in total. The van der Waals surface area contributed by atoms with E-state index in [1.807, 2.05) is 6.92 Å². The molecule has 0 radical (unpaired) electrons. The Kier molecular flexibility index (Phi) is 4.33. The second-order valence-corrected chi connectivity index (χ2v) is 4.61. The molecule has 0 aliphatic carbocycles. The summed E-state index contributed by atoms with van der Waals surface area (Å²) in [4.78, 5) is 14.1. The number of hydrogen-bond donors (Lipinski definition) is 1. The number of nitrogens with one attached hydrogen (secondary N) is 1. The molecular formula is C12H19N3O3. The first-order valence-electron chi connectivity index (χ1n) is 6.19. The normalized spacial score (nSPS) is 18.6. The van der Waals surface area contributed by atoms with E-state index in [1.54, 1.807) is 13.0 Å². The van der Waals surface area contributed by atoms with Crippen LogP contribution in [0.1, 0.15) is 23.2 Å². The van der Waals surface area contributed by atoms with Crippen LogP contribution in [-0.2, 0) is 4.74 Å². The van der Waals surface area contributed by atoms with Gasteiger partial charge in [0, 0.05) is 31.7 Å². The van der Waals surface area contributed by atoms with Gasteiger partial charge in [-0.05, 0) is 13.8 Å². The minimum atomic E-state index is -0.187. The van der Waals surface area contributed by atoms with Crippen LogP contribution in [0.15, 0.2) is 10.6 Å². The average molecular weight is 253 g/mol. The van der Waals surface area contributed by atoms with Crippen LogP contribution in [0.25, 0.3) is 0 Å². The van der Waals surface area contributed by atoms with Crippen molar-refractivity contribution >= 4 is 5.91 Å². The summed E-state index contributed by atoms with van der Waals surface area (Å²) in [6.45, 7) is 7.95. The van der Waals surface area contributed by atoms with E-state index in [4.69, 9.17) is 9.26 Å². The highest BCUT2D eigenvalue weighted by atomic mass is 16.5. The third kappa shape index (κ3) is 3.54. The van der Waals surface area contributed by atoms with E-state index < -0.39 is 0 Å². The Morgan fingerprint density at radius 3 is 2.89 bits per heavy atom. The molecule has 1 amide bonds. The SMILES string of the molecule is Cc1cc(C(=O)N[C@@H](C)CN2CCOCC2)no1. The Labute approximate surface area is 106 Å². The van der Waals surface area contributed by atoms with Gasteiger partial charge in [0.15, 0.2) is 5.69 Å². The van der Waals surface area contributed by atoms with Crippen LogP contribution in [0.5, 0.6) is 0 Å². The van der Waals surface area contributed by atoms with Crippen LogP contribution in [0, 0.1) is 6.92 Å². The second kappa shape index (κ2) is 5.97. The molecule has 1 aromatic rings. The van der Waals surface area contributed by atoms with Crippen molar-refractivity contribution in [1.29, 1.82) is 0 Å². The van der Waals surface area contributed by atoms with Crippen molar-refractivity contribution in [3.05, 3.63) is 17.5 Å². The lowest BCUT2D eigenvalue weighted by Crippen LogP contribution is -2.46. The molecule has 1 aliphatic rings. The summed E-state index contributed by atoms with van der Waals surface area (Å²) in [6, 6.07) is 1.71. The summed E-state index contributed by atoms with van der Waals surface area (Å²) in [5.41, 5.74) is 0.335. The van der Waals surface area contributed by atoms with Gasteiger partial charge in [-0.25, -0.2) is 0 Å². The molecule has 0 unspecified atom stereocenters. The van der Waals surface area contributed by atoms with Crippen LogP contribution in [0.4, 0.5) is 0 Å². The minimum Gasteiger partial charge on any atom is -0.379 e. The topological polar surface area (TPSA) is 67.6 Å². The van der Waals surface area contributed by atoms with Crippen molar-refractivity contribution in [3.8, 4) is 0 Å². The monoisotopic (exact) mass is 253 g/mol. The first-order chi connectivity index (χ1) is 8.65. The number of nitrogens with zero attached hydrogens (tertiary/aromatic N) is 2. The molecule has 1 aromatic heterocycles. The molecule has 2 rings (SSSR count). The third-order valence-electron chi connectivity index (χ3n) is 2.87. The fraction of sp³-hybridized carbons (Fsp3) is 0.667. The Balaban J connectivity index is 1.79. The summed E-state index contributed by atoms with van der Waals surface area (Å²) >= 11 is 0. The third-order valence-corrected chi connectivity index (χ3v) is 2.87. The number of morpholine rings is 1. The van der Waals surface area contributed by atoms with E-state index >= 15 is 0 Å². The number of carbonyl (C=O) groups is 1. The van der Waals surface area contributed by atoms with Crippen molar-refractivity contribution in [1.82, 2.24) is 15.4 Å². The number of hydrogen-bond acceptors (Lipinski definition) is 5. The van der Waals surface area contributed by atoms with E-state index in [-0.39, 0.29) is 11.9 Å². The molecule has 0 bridgehead atoms. The maximum Gasteiger partial charge on any atom is 0.273 e. The van der Waals surface area contributed by atoms with Crippen LogP contribution in [0.2, 0.25) is 0 Å². The Morgan fingerprint density at radius 1 is 1.56 bits per heavy atom. The van der Waals surface area contributed by atoms with Gasteiger partial charge in [0.2, 0.25) is 0 Å². The van der Waals surface area contributed by atoms with Crippen LogP contribution >= 0.6 is 0 Å². The zero-order chi connectivity index (χ0) is 13.0.